The Morgan fingerprint density at radius 2 is 1.83 bits per heavy atom. The highest BCUT2D eigenvalue weighted by Gasteiger charge is 2.09. The molecule has 0 aliphatic heterocycles. The fourth-order valence-electron chi connectivity index (χ4n) is 1.24. The molecule has 0 radical (unpaired) electrons. The maximum absolute atomic E-state index is 11.4. The summed E-state index contributed by atoms with van der Waals surface area (Å²) in [5.41, 5.74) is 0.877. The molecular weight excluding hydrogens is 258 g/mol. The summed E-state index contributed by atoms with van der Waals surface area (Å²) in [5.74, 6) is -1.42. The summed E-state index contributed by atoms with van der Waals surface area (Å²) in [6.07, 6.45) is -0.262. The van der Waals surface area contributed by atoms with Gasteiger partial charge in [0, 0.05) is 5.69 Å². The van der Waals surface area contributed by atoms with Crippen molar-refractivity contribution >= 4 is 34.9 Å². The average Bonchev–Trinajstić information content (AvgIpc) is 2.38. The minimum atomic E-state index is -0.454. The number of hydrogen-bond donors (Lipinski definition) is 1. The second-order valence-corrected chi connectivity index (χ2v) is 3.73. The molecule has 1 N–H and O–H groups in total. The first-order valence-corrected chi connectivity index (χ1v) is 5.66. The van der Waals surface area contributed by atoms with E-state index in [1.165, 1.54) is 19.2 Å². The standard InChI is InChI=1S/C12H12ClNO4/c1-18-12(17)8-2-4-9(5-3-8)14-11(16)6-10(15)7-13/h2-5H,6-7H2,1H3,(H,14,16). The smallest absolute Gasteiger partial charge is 0.337 e. The number of amides is 1. The van der Waals surface area contributed by atoms with E-state index in [1.807, 2.05) is 0 Å². The summed E-state index contributed by atoms with van der Waals surface area (Å²) in [6.45, 7) is 0. The largest absolute Gasteiger partial charge is 0.465 e. The second kappa shape index (κ2) is 6.76. The fourth-order valence-corrected chi connectivity index (χ4v) is 1.33. The normalized spacial score (nSPS) is 9.67. The van der Waals surface area contributed by atoms with Gasteiger partial charge in [-0.1, -0.05) is 0 Å². The van der Waals surface area contributed by atoms with Gasteiger partial charge >= 0.3 is 5.97 Å². The number of rotatable bonds is 5. The molecule has 18 heavy (non-hydrogen) atoms. The van der Waals surface area contributed by atoms with E-state index in [0.717, 1.165) is 0 Å². The first kappa shape index (κ1) is 14.2. The van der Waals surface area contributed by atoms with Crippen LogP contribution in [0.3, 0.4) is 0 Å². The molecule has 0 bridgehead atoms. The van der Waals surface area contributed by atoms with E-state index in [1.54, 1.807) is 12.1 Å². The summed E-state index contributed by atoms with van der Waals surface area (Å²) >= 11 is 5.29. The predicted molar refractivity (Wildman–Crippen MR) is 66.8 cm³/mol. The van der Waals surface area contributed by atoms with Gasteiger partial charge in [-0.3, -0.25) is 9.59 Å². The van der Waals surface area contributed by atoms with Crippen LogP contribution in [0.5, 0.6) is 0 Å². The van der Waals surface area contributed by atoms with Crippen LogP contribution in [-0.2, 0) is 14.3 Å². The van der Waals surface area contributed by atoms with Crippen LogP contribution in [0.25, 0.3) is 0 Å². The van der Waals surface area contributed by atoms with Crippen LogP contribution in [0.1, 0.15) is 16.8 Å². The van der Waals surface area contributed by atoms with Crippen molar-refractivity contribution in [3.63, 3.8) is 0 Å². The molecule has 1 aromatic carbocycles. The fraction of sp³-hybridized carbons (Fsp3) is 0.250. The molecule has 1 rings (SSSR count). The topological polar surface area (TPSA) is 72.5 Å². The third-order valence-electron chi connectivity index (χ3n) is 2.10. The Morgan fingerprint density at radius 1 is 1.22 bits per heavy atom. The zero-order valence-corrected chi connectivity index (χ0v) is 10.5. The highest BCUT2D eigenvalue weighted by Crippen LogP contribution is 2.10. The molecule has 1 aromatic rings. The van der Waals surface area contributed by atoms with E-state index in [-0.39, 0.29) is 18.1 Å². The van der Waals surface area contributed by atoms with Gasteiger partial charge in [0.25, 0.3) is 0 Å². The van der Waals surface area contributed by atoms with Gasteiger partial charge in [0.15, 0.2) is 5.78 Å². The van der Waals surface area contributed by atoms with E-state index in [4.69, 9.17) is 11.6 Å². The number of ketones is 1. The van der Waals surface area contributed by atoms with Gasteiger partial charge in [0.1, 0.15) is 0 Å². The number of carbonyl (C=O) groups is 3. The summed E-state index contributed by atoms with van der Waals surface area (Å²) in [6, 6.07) is 6.14. The number of esters is 1. The van der Waals surface area contributed by atoms with Gasteiger partial charge in [0.2, 0.25) is 5.91 Å². The number of nitrogens with one attached hydrogen (secondary N) is 1. The van der Waals surface area contributed by atoms with Gasteiger partial charge < -0.3 is 10.1 Å². The minimum absolute atomic E-state index is 0.186. The maximum atomic E-state index is 11.4. The van der Waals surface area contributed by atoms with E-state index >= 15 is 0 Å². The number of carbonyl (C=O) groups excluding carboxylic acids is 3. The van der Waals surface area contributed by atoms with Gasteiger partial charge in [-0.05, 0) is 24.3 Å². The van der Waals surface area contributed by atoms with E-state index in [0.29, 0.717) is 11.3 Å². The molecule has 0 fully saturated rings. The maximum Gasteiger partial charge on any atom is 0.337 e. The molecule has 0 saturated carbocycles. The number of halogens is 1. The minimum Gasteiger partial charge on any atom is -0.465 e. The number of Topliss-reactive ketones (excluding diaryl/α,β-unsaturated/α-hetero) is 1. The van der Waals surface area contributed by atoms with Crippen LogP contribution in [-0.4, -0.2) is 30.6 Å². The quantitative estimate of drug-likeness (QED) is 0.501. The second-order valence-electron chi connectivity index (χ2n) is 3.47. The predicted octanol–water partition coefficient (Wildman–Crippen LogP) is 1.61. The Kier molecular flexibility index (Phi) is 5.32. The summed E-state index contributed by atoms with van der Waals surface area (Å²) in [4.78, 5) is 33.5. The highest BCUT2D eigenvalue weighted by molar-refractivity contribution is 6.29. The van der Waals surface area contributed by atoms with Crippen LogP contribution in [0.4, 0.5) is 5.69 Å². The molecule has 5 nitrogen and oxygen atoms in total. The van der Waals surface area contributed by atoms with Gasteiger partial charge in [0.05, 0.1) is 25.0 Å². The Hall–Kier alpha value is -1.88. The lowest BCUT2D eigenvalue weighted by atomic mass is 10.2. The van der Waals surface area contributed by atoms with Crippen LogP contribution in [0, 0.1) is 0 Å². The molecule has 0 atom stereocenters. The summed E-state index contributed by atoms with van der Waals surface area (Å²) in [7, 11) is 1.29. The molecule has 0 aliphatic rings. The van der Waals surface area contributed by atoms with Crippen LogP contribution in [0.2, 0.25) is 0 Å². The molecule has 0 aromatic heterocycles. The van der Waals surface area contributed by atoms with Crippen molar-refractivity contribution in [3.8, 4) is 0 Å². The van der Waals surface area contributed by atoms with Crippen molar-refractivity contribution in [3.05, 3.63) is 29.8 Å². The zero-order valence-electron chi connectivity index (χ0n) is 9.73. The lowest BCUT2D eigenvalue weighted by Crippen LogP contribution is -2.17. The molecule has 6 heteroatoms. The molecule has 0 aliphatic carbocycles. The van der Waals surface area contributed by atoms with Crippen molar-refractivity contribution in [1.29, 1.82) is 0 Å². The molecular formula is C12H12ClNO4. The lowest BCUT2D eigenvalue weighted by Gasteiger charge is -2.05. The third-order valence-corrected chi connectivity index (χ3v) is 2.39. The number of anilines is 1. The Balaban J connectivity index is 2.61. The summed E-state index contributed by atoms with van der Waals surface area (Å²) < 4.78 is 4.54. The van der Waals surface area contributed by atoms with E-state index in [2.05, 4.69) is 10.1 Å². The zero-order chi connectivity index (χ0) is 13.5. The van der Waals surface area contributed by atoms with Crippen LogP contribution < -0.4 is 5.32 Å². The van der Waals surface area contributed by atoms with Crippen molar-refractivity contribution in [2.24, 2.45) is 0 Å². The number of methoxy groups -OCH3 is 1. The molecule has 0 saturated heterocycles. The molecule has 0 heterocycles. The Labute approximate surface area is 109 Å². The van der Waals surface area contributed by atoms with E-state index < -0.39 is 11.9 Å². The lowest BCUT2D eigenvalue weighted by molar-refractivity contribution is -0.124. The molecule has 0 unspecified atom stereocenters. The number of alkyl halides is 1. The third kappa shape index (κ3) is 4.18. The molecule has 0 spiro atoms. The SMILES string of the molecule is COC(=O)c1ccc(NC(=O)CC(=O)CCl)cc1. The Bertz CT molecular complexity index is 456. The highest BCUT2D eigenvalue weighted by atomic mass is 35.5. The van der Waals surface area contributed by atoms with Gasteiger partial charge in [-0.15, -0.1) is 11.6 Å². The van der Waals surface area contributed by atoms with Gasteiger partial charge in [-0.2, -0.15) is 0 Å². The monoisotopic (exact) mass is 269 g/mol. The first-order chi connectivity index (χ1) is 8.56. The van der Waals surface area contributed by atoms with Crippen molar-refractivity contribution < 1.29 is 19.1 Å². The van der Waals surface area contributed by atoms with Crippen molar-refractivity contribution in [2.45, 2.75) is 6.42 Å². The first-order valence-electron chi connectivity index (χ1n) is 5.12. The average molecular weight is 270 g/mol. The number of ether oxygens (including phenoxy) is 1. The number of benzene rings is 1. The van der Waals surface area contributed by atoms with Crippen molar-refractivity contribution in [1.82, 2.24) is 0 Å². The molecule has 96 valence electrons. The van der Waals surface area contributed by atoms with Crippen LogP contribution in [0.15, 0.2) is 24.3 Å². The van der Waals surface area contributed by atoms with E-state index in [9.17, 15) is 14.4 Å². The number of hydrogen-bond acceptors (Lipinski definition) is 4. The van der Waals surface area contributed by atoms with Crippen LogP contribution >= 0.6 is 11.6 Å². The van der Waals surface area contributed by atoms with Gasteiger partial charge in [-0.25, -0.2) is 4.79 Å². The van der Waals surface area contributed by atoms with Crippen molar-refractivity contribution in [2.75, 3.05) is 18.3 Å². The molecule has 1 amide bonds. The Morgan fingerprint density at radius 3 is 2.33 bits per heavy atom. The summed E-state index contributed by atoms with van der Waals surface area (Å²) in [5, 5.41) is 2.52.